The molecule has 0 radical (unpaired) electrons. The first-order chi connectivity index (χ1) is 4.70. The van der Waals surface area contributed by atoms with Gasteiger partial charge in [-0.1, -0.05) is 0 Å². The smallest absolute Gasteiger partial charge is 0.323 e. The molecule has 1 aliphatic rings. The lowest BCUT2D eigenvalue weighted by Gasteiger charge is -2.25. The van der Waals surface area contributed by atoms with Crippen molar-refractivity contribution >= 4 is 18.4 Å². The summed E-state index contributed by atoms with van der Waals surface area (Å²) >= 11 is 0. The molecule has 5 heteroatoms. The first-order valence-corrected chi connectivity index (χ1v) is 3.28. The Kier molecular flexibility index (Phi) is 4.40. The van der Waals surface area contributed by atoms with E-state index in [4.69, 9.17) is 9.84 Å². The Balaban J connectivity index is 0.000001000. The minimum absolute atomic E-state index is 0. The Bertz CT molecular complexity index is 134. The highest BCUT2D eigenvalue weighted by molar-refractivity contribution is 5.85. The Morgan fingerprint density at radius 1 is 1.73 bits per heavy atom. The van der Waals surface area contributed by atoms with Crippen LogP contribution in [0.1, 0.15) is 6.92 Å². The number of carboxylic acid groups (broad SMARTS) is 1. The third-order valence-electron chi connectivity index (χ3n) is 1.50. The zero-order valence-corrected chi connectivity index (χ0v) is 7.06. The molecule has 1 rings (SSSR count). The first-order valence-electron chi connectivity index (χ1n) is 3.28. The predicted molar refractivity (Wildman–Crippen MR) is 42.1 cm³/mol. The molecule has 1 heterocycles. The average molecular weight is 182 g/mol. The fourth-order valence-electron chi connectivity index (χ4n) is 0.845. The van der Waals surface area contributed by atoms with E-state index in [0.717, 1.165) is 0 Å². The second-order valence-corrected chi connectivity index (χ2v) is 2.44. The molecule has 1 aliphatic heterocycles. The number of hydrogen-bond donors (Lipinski definition) is 2. The van der Waals surface area contributed by atoms with Gasteiger partial charge in [-0.3, -0.25) is 10.1 Å². The minimum atomic E-state index is -0.841. The van der Waals surface area contributed by atoms with E-state index in [1.165, 1.54) is 0 Å². The highest BCUT2D eigenvalue weighted by Crippen LogP contribution is 1.99. The standard InChI is InChI=1S/C6H11NO3.ClH/c1-4-2-7-5(3-10-4)6(8)9;/h4-5,7H,2-3H2,1H3,(H,8,9);1H/t4-,5+;/m0./s1. The van der Waals surface area contributed by atoms with Crippen LogP contribution in [0.25, 0.3) is 0 Å². The van der Waals surface area contributed by atoms with Crippen LogP contribution in [0.4, 0.5) is 0 Å². The van der Waals surface area contributed by atoms with Gasteiger partial charge in [-0.05, 0) is 6.92 Å². The van der Waals surface area contributed by atoms with E-state index < -0.39 is 12.0 Å². The van der Waals surface area contributed by atoms with Gasteiger partial charge >= 0.3 is 5.97 Å². The lowest BCUT2D eigenvalue weighted by molar-refractivity contribution is -0.143. The lowest BCUT2D eigenvalue weighted by Crippen LogP contribution is -2.49. The SMILES string of the molecule is C[C@H]1CN[C@@H](C(=O)O)CO1.Cl. The summed E-state index contributed by atoms with van der Waals surface area (Å²) in [6.45, 7) is 2.80. The van der Waals surface area contributed by atoms with Crippen molar-refractivity contribution in [3.05, 3.63) is 0 Å². The number of rotatable bonds is 1. The maximum Gasteiger partial charge on any atom is 0.323 e. The molecule has 1 saturated heterocycles. The molecule has 0 amide bonds. The van der Waals surface area contributed by atoms with E-state index in [9.17, 15) is 4.79 Å². The van der Waals surface area contributed by atoms with Crippen molar-refractivity contribution in [1.29, 1.82) is 0 Å². The van der Waals surface area contributed by atoms with E-state index in [2.05, 4.69) is 5.32 Å². The van der Waals surface area contributed by atoms with Gasteiger partial charge in [0.05, 0.1) is 12.7 Å². The van der Waals surface area contributed by atoms with Crippen LogP contribution < -0.4 is 5.32 Å². The molecule has 2 atom stereocenters. The number of halogens is 1. The number of nitrogens with one attached hydrogen (secondary N) is 1. The molecule has 0 unspecified atom stereocenters. The lowest BCUT2D eigenvalue weighted by atomic mass is 10.2. The molecule has 0 spiro atoms. The van der Waals surface area contributed by atoms with Crippen LogP contribution in [0.5, 0.6) is 0 Å². The van der Waals surface area contributed by atoms with E-state index in [1.807, 2.05) is 6.92 Å². The first kappa shape index (κ1) is 10.7. The van der Waals surface area contributed by atoms with Gasteiger partial charge in [-0.25, -0.2) is 0 Å². The molecule has 2 N–H and O–H groups in total. The number of carboxylic acids is 1. The fourth-order valence-corrected chi connectivity index (χ4v) is 0.845. The average Bonchev–Trinajstić information content (AvgIpc) is 1.88. The molecule has 0 aliphatic carbocycles. The second kappa shape index (κ2) is 4.54. The molecule has 0 aromatic carbocycles. The van der Waals surface area contributed by atoms with Crippen LogP contribution in [-0.4, -0.2) is 36.4 Å². The van der Waals surface area contributed by atoms with Gasteiger partial charge in [0.1, 0.15) is 6.04 Å². The minimum Gasteiger partial charge on any atom is -0.480 e. The summed E-state index contributed by atoms with van der Waals surface area (Å²) in [5.74, 6) is -0.841. The van der Waals surface area contributed by atoms with Crippen molar-refractivity contribution in [3.63, 3.8) is 0 Å². The molecule has 0 aromatic heterocycles. The van der Waals surface area contributed by atoms with Crippen LogP contribution in [-0.2, 0) is 9.53 Å². The van der Waals surface area contributed by atoms with Gasteiger partial charge in [-0.2, -0.15) is 0 Å². The zero-order valence-electron chi connectivity index (χ0n) is 6.24. The number of carbonyl (C=O) groups is 1. The van der Waals surface area contributed by atoms with Gasteiger partial charge in [-0.15, -0.1) is 12.4 Å². The predicted octanol–water partition coefficient (Wildman–Crippen LogP) is -0.130. The van der Waals surface area contributed by atoms with E-state index in [0.29, 0.717) is 6.54 Å². The Morgan fingerprint density at radius 2 is 2.36 bits per heavy atom. The largest absolute Gasteiger partial charge is 0.480 e. The molecule has 66 valence electrons. The summed E-state index contributed by atoms with van der Waals surface area (Å²) in [6.07, 6.45) is 0.135. The normalized spacial score (nSPS) is 30.6. The van der Waals surface area contributed by atoms with Crippen molar-refractivity contribution < 1.29 is 14.6 Å². The monoisotopic (exact) mass is 181 g/mol. The van der Waals surface area contributed by atoms with Crippen molar-refractivity contribution in [1.82, 2.24) is 5.32 Å². The topological polar surface area (TPSA) is 58.6 Å². The molecule has 0 saturated carbocycles. The maximum atomic E-state index is 10.3. The van der Waals surface area contributed by atoms with Crippen molar-refractivity contribution in [3.8, 4) is 0 Å². The second-order valence-electron chi connectivity index (χ2n) is 2.44. The molecule has 0 aromatic rings. The Labute approximate surface area is 71.3 Å². The van der Waals surface area contributed by atoms with E-state index in [-0.39, 0.29) is 25.1 Å². The summed E-state index contributed by atoms with van der Waals surface area (Å²) in [4.78, 5) is 10.3. The highest BCUT2D eigenvalue weighted by Gasteiger charge is 2.22. The molecule has 1 fully saturated rings. The van der Waals surface area contributed by atoms with Crippen LogP contribution in [0, 0.1) is 0 Å². The quantitative estimate of drug-likeness (QED) is 0.592. The van der Waals surface area contributed by atoms with Gasteiger partial charge in [0.25, 0.3) is 0 Å². The Morgan fingerprint density at radius 3 is 2.73 bits per heavy atom. The number of hydrogen-bond acceptors (Lipinski definition) is 3. The molecule has 4 nitrogen and oxygen atoms in total. The fraction of sp³-hybridized carbons (Fsp3) is 0.833. The number of aliphatic carboxylic acids is 1. The number of morpholine rings is 1. The summed E-state index contributed by atoms with van der Waals surface area (Å²) in [6, 6.07) is -0.517. The van der Waals surface area contributed by atoms with Gasteiger partial charge in [0.15, 0.2) is 0 Å². The summed E-state index contributed by atoms with van der Waals surface area (Å²) in [7, 11) is 0. The zero-order chi connectivity index (χ0) is 7.56. The van der Waals surface area contributed by atoms with Crippen molar-refractivity contribution in [2.24, 2.45) is 0 Å². The number of ether oxygens (including phenoxy) is 1. The highest BCUT2D eigenvalue weighted by atomic mass is 35.5. The summed E-state index contributed by atoms with van der Waals surface area (Å²) < 4.78 is 5.11. The molecule has 0 bridgehead atoms. The van der Waals surface area contributed by atoms with Crippen LogP contribution in [0.2, 0.25) is 0 Å². The molecular formula is C6H12ClNO3. The van der Waals surface area contributed by atoms with Crippen molar-refractivity contribution in [2.45, 2.75) is 19.1 Å². The third-order valence-corrected chi connectivity index (χ3v) is 1.50. The van der Waals surface area contributed by atoms with Gasteiger partial charge in [0.2, 0.25) is 0 Å². The van der Waals surface area contributed by atoms with Gasteiger partial charge < -0.3 is 9.84 Å². The summed E-state index contributed by atoms with van der Waals surface area (Å²) in [5.41, 5.74) is 0. The molecular weight excluding hydrogens is 170 g/mol. The van der Waals surface area contributed by atoms with Crippen LogP contribution >= 0.6 is 12.4 Å². The van der Waals surface area contributed by atoms with E-state index in [1.54, 1.807) is 0 Å². The van der Waals surface area contributed by atoms with E-state index >= 15 is 0 Å². The molecule has 11 heavy (non-hydrogen) atoms. The van der Waals surface area contributed by atoms with Crippen LogP contribution in [0.15, 0.2) is 0 Å². The van der Waals surface area contributed by atoms with Crippen LogP contribution in [0.3, 0.4) is 0 Å². The van der Waals surface area contributed by atoms with Crippen molar-refractivity contribution in [2.75, 3.05) is 13.2 Å². The third kappa shape index (κ3) is 3.05. The maximum absolute atomic E-state index is 10.3. The Hall–Kier alpha value is -0.320. The summed E-state index contributed by atoms with van der Waals surface area (Å²) in [5, 5.41) is 11.3. The van der Waals surface area contributed by atoms with Gasteiger partial charge in [0, 0.05) is 6.54 Å².